The molecule has 22 heavy (non-hydrogen) atoms. The quantitative estimate of drug-likeness (QED) is 0.620. The van der Waals surface area contributed by atoms with Crippen molar-refractivity contribution >= 4 is 22.7 Å². The third-order valence-electron chi connectivity index (χ3n) is 3.97. The zero-order valence-electron chi connectivity index (χ0n) is 12.3. The van der Waals surface area contributed by atoms with E-state index in [1.165, 1.54) is 12.8 Å². The van der Waals surface area contributed by atoms with Gasteiger partial charge in [-0.3, -0.25) is 10.1 Å². The summed E-state index contributed by atoms with van der Waals surface area (Å²) in [5, 5.41) is 17.8. The van der Waals surface area contributed by atoms with Crippen LogP contribution in [-0.2, 0) is 0 Å². The molecule has 0 bridgehead atoms. The van der Waals surface area contributed by atoms with Gasteiger partial charge in [0.1, 0.15) is 5.69 Å². The fourth-order valence-corrected chi connectivity index (χ4v) is 2.86. The Balaban J connectivity index is 1.81. The second-order valence-electron chi connectivity index (χ2n) is 5.61. The van der Waals surface area contributed by atoms with Gasteiger partial charge < -0.3 is 10.6 Å². The van der Waals surface area contributed by atoms with Gasteiger partial charge in [0, 0.05) is 23.5 Å². The highest BCUT2D eigenvalue weighted by atomic mass is 16.6. The Hall–Kier alpha value is -2.56. The van der Waals surface area contributed by atoms with Gasteiger partial charge in [0.15, 0.2) is 0 Å². The maximum atomic E-state index is 11.3. The van der Waals surface area contributed by atoms with Crippen LogP contribution in [0.1, 0.15) is 25.7 Å². The highest BCUT2D eigenvalue weighted by Crippen LogP contribution is 2.32. The fraction of sp³-hybridized carbons (Fsp3) is 0.294. The predicted octanol–water partition coefficient (Wildman–Crippen LogP) is 4.69. The summed E-state index contributed by atoms with van der Waals surface area (Å²) in [6.45, 7) is 0. The molecule has 0 saturated heterocycles. The highest BCUT2D eigenvalue weighted by molar-refractivity contribution is 5.71. The smallest absolute Gasteiger partial charge is 0.294 e. The summed E-state index contributed by atoms with van der Waals surface area (Å²) in [5.41, 5.74) is 2.35. The van der Waals surface area contributed by atoms with Crippen molar-refractivity contribution in [3.8, 4) is 0 Å². The van der Waals surface area contributed by atoms with Gasteiger partial charge in [0.25, 0.3) is 5.69 Å². The summed E-state index contributed by atoms with van der Waals surface area (Å²) in [4.78, 5) is 11.0. The molecule has 0 aromatic heterocycles. The van der Waals surface area contributed by atoms with Crippen molar-refractivity contribution in [3.63, 3.8) is 0 Å². The number of hydrogen-bond acceptors (Lipinski definition) is 4. The van der Waals surface area contributed by atoms with Gasteiger partial charge in [-0.25, -0.2) is 0 Å². The average Bonchev–Trinajstić information content (AvgIpc) is 3.02. The van der Waals surface area contributed by atoms with Gasteiger partial charge in [-0.15, -0.1) is 0 Å². The standard InChI is InChI=1S/C17H19N3O2/c21-20(22)17-12-15(18-13-6-2-1-3-7-13)10-11-16(17)19-14-8-4-5-9-14/h1-3,6-7,10-12,14,18-19H,4-5,8-9H2. The van der Waals surface area contributed by atoms with E-state index in [0.717, 1.165) is 24.2 Å². The van der Waals surface area contributed by atoms with Gasteiger partial charge >= 0.3 is 0 Å². The monoisotopic (exact) mass is 297 g/mol. The molecule has 114 valence electrons. The van der Waals surface area contributed by atoms with E-state index in [2.05, 4.69) is 10.6 Å². The van der Waals surface area contributed by atoms with Crippen molar-refractivity contribution in [2.24, 2.45) is 0 Å². The fourth-order valence-electron chi connectivity index (χ4n) is 2.86. The summed E-state index contributed by atoms with van der Waals surface area (Å²) in [7, 11) is 0. The Morgan fingerprint density at radius 3 is 2.41 bits per heavy atom. The van der Waals surface area contributed by atoms with Gasteiger partial charge in [0.2, 0.25) is 0 Å². The molecule has 1 aliphatic rings. The molecule has 2 N–H and O–H groups in total. The average molecular weight is 297 g/mol. The van der Waals surface area contributed by atoms with Crippen molar-refractivity contribution in [3.05, 3.63) is 58.6 Å². The van der Waals surface area contributed by atoms with E-state index in [9.17, 15) is 10.1 Å². The second-order valence-corrected chi connectivity index (χ2v) is 5.61. The van der Waals surface area contributed by atoms with Crippen LogP contribution in [0.4, 0.5) is 22.7 Å². The van der Waals surface area contributed by atoms with Gasteiger partial charge in [-0.2, -0.15) is 0 Å². The number of nitro groups is 1. The summed E-state index contributed by atoms with van der Waals surface area (Å²) < 4.78 is 0. The number of hydrogen-bond donors (Lipinski definition) is 2. The molecule has 5 heteroatoms. The molecule has 2 aromatic rings. The first-order valence-corrected chi connectivity index (χ1v) is 7.59. The Morgan fingerprint density at radius 1 is 1.00 bits per heavy atom. The third kappa shape index (κ3) is 3.36. The molecule has 0 atom stereocenters. The molecule has 3 rings (SSSR count). The molecule has 0 heterocycles. The normalized spacial score (nSPS) is 14.7. The highest BCUT2D eigenvalue weighted by Gasteiger charge is 2.20. The lowest BCUT2D eigenvalue weighted by atomic mass is 10.2. The first kappa shape index (κ1) is 14.4. The van der Waals surface area contributed by atoms with Gasteiger partial charge in [0.05, 0.1) is 4.92 Å². The summed E-state index contributed by atoms with van der Waals surface area (Å²) in [5.74, 6) is 0. The van der Waals surface area contributed by atoms with E-state index in [1.54, 1.807) is 12.1 Å². The minimum absolute atomic E-state index is 0.118. The zero-order valence-corrected chi connectivity index (χ0v) is 12.3. The number of para-hydroxylation sites is 1. The number of anilines is 3. The van der Waals surface area contributed by atoms with Crippen molar-refractivity contribution < 1.29 is 4.92 Å². The van der Waals surface area contributed by atoms with E-state index >= 15 is 0 Å². The van der Waals surface area contributed by atoms with Crippen LogP contribution in [0.2, 0.25) is 0 Å². The van der Waals surface area contributed by atoms with Crippen LogP contribution >= 0.6 is 0 Å². The van der Waals surface area contributed by atoms with Crippen LogP contribution in [0.5, 0.6) is 0 Å². The van der Waals surface area contributed by atoms with E-state index in [1.807, 2.05) is 36.4 Å². The molecule has 1 fully saturated rings. The maximum Gasteiger partial charge on any atom is 0.294 e. The van der Waals surface area contributed by atoms with Crippen LogP contribution in [0.25, 0.3) is 0 Å². The minimum atomic E-state index is -0.326. The number of nitro benzene ring substituents is 1. The zero-order chi connectivity index (χ0) is 15.4. The number of rotatable bonds is 5. The Kier molecular flexibility index (Phi) is 4.23. The van der Waals surface area contributed by atoms with Gasteiger partial charge in [-0.1, -0.05) is 31.0 Å². The Labute approximate surface area is 129 Å². The molecule has 5 nitrogen and oxygen atoms in total. The van der Waals surface area contributed by atoms with Crippen LogP contribution in [-0.4, -0.2) is 11.0 Å². The molecule has 0 amide bonds. The Morgan fingerprint density at radius 2 is 1.73 bits per heavy atom. The van der Waals surface area contributed by atoms with Crippen molar-refractivity contribution in [1.82, 2.24) is 0 Å². The Bertz CT molecular complexity index is 652. The van der Waals surface area contributed by atoms with Crippen LogP contribution in [0.15, 0.2) is 48.5 Å². The SMILES string of the molecule is O=[N+]([O-])c1cc(Nc2ccccc2)ccc1NC1CCCC1. The lowest BCUT2D eigenvalue weighted by Gasteiger charge is -2.14. The minimum Gasteiger partial charge on any atom is -0.377 e. The van der Waals surface area contributed by atoms with E-state index in [0.29, 0.717) is 11.7 Å². The largest absolute Gasteiger partial charge is 0.377 e. The lowest BCUT2D eigenvalue weighted by Crippen LogP contribution is -2.15. The van der Waals surface area contributed by atoms with Crippen LogP contribution in [0, 0.1) is 10.1 Å². The molecule has 1 aliphatic carbocycles. The number of nitrogens with one attached hydrogen (secondary N) is 2. The summed E-state index contributed by atoms with van der Waals surface area (Å²) in [6.07, 6.45) is 4.56. The van der Waals surface area contributed by atoms with Crippen molar-refractivity contribution in [2.75, 3.05) is 10.6 Å². The molecule has 1 saturated carbocycles. The lowest BCUT2D eigenvalue weighted by molar-refractivity contribution is -0.383. The molecule has 0 spiro atoms. The first-order valence-electron chi connectivity index (χ1n) is 7.59. The molecule has 0 aliphatic heterocycles. The predicted molar refractivity (Wildman–Crippen MR) is 88.7 cm³/mol. The van der Waals surface area contributed by atoms with E-state index < -0.39 is 0 Å². The van der Waals surface area contributed by atoms with E-state index in [-0.39, 0.29) is 10.6 Å². The van der Waals surface area contributed by atoms with E-state index in [4.69, 9.17) is 0 Å². The number of benzene rings is 2. The van der Waals surface area contributed by atoms with Gasteiger partial charge in [-0.05, 0) is 37.1 Å². The molecule has 0 radical (unpaired) electrons. The maximum absolute atomic E-state index is 11.3. The van der Waals surface area contributed by atoms with Crippen LogP contribution in [0.3, 0.4) is 0 Å². The summed E-state index contributed by atoms with van der Waals surface area (Å²) in [6, 6.07) is 15.2. The first-order chi connectivity index (χ1) is 10.7. The number of nitrogens with zero attached hydrogens (tertiary/aromatic N) is 1. The second kappa shape index (κ2) is 6.47. The molecule has 0 unspecified atom stereocenters. The third-order valence-corrected chi connectivity index (χ3v) is 3.97. The van der Waals surface area contributed by atoms with Crippen LogP contribution < -0.4 is 10.6 Å². The summed E-state index contributed by atoms with van der Waals surface area (Å²) >= 11 is 0. The van der Waals surface area contributed by atoms with Crippen molar-refractivity contribution in [1.29, 1.82) is 0 Å². The molecular weight excluding hydrogens is 278 g/mol. The molecule has 2 aromatic carbocycles. The topological polar surface area (TPSA) is 67.2 Å². The molecular formula is C17H19N3O2. The van der Waals surface area contributed by atoms with Crippen molar-refractivity contribution in [2.45, 2.75) is 31.7 Å².